The topological polar surface area (TPSA) is 85.1 Å². The fourth-order valence-electron chi connectivity index (χ4n) is 4.81. The Labute approximate surface area is 183 Å². The van der Waals surface area contributed by atoms with Crippen molar-refractivity contribution in [3.05, 3.63) is 61.3 Å². The molecule has 0 radical (unpaired) electrons. The van der Waals surface area contributed by atoms with Crippen LogP contribution in [0.4, 0.5) is 8.78 Å². The molecule has 2 unspecified atom stereocenters. The number of fused-ring (bicyclic) bond motifs is 2. The van der Waals surface area contributed by atoms with E-state index >= 15 is 0 Å². The minimum Gasteiger partial charge on any atom is -0.507 e. The van der Waals surface area contributed by atoms with E-state index in [9.17, 15) is 13.9 Å². The fourth-order valence-corrected chi connectivity index (χ4v) is 4.81. The molecule has 4 atom stereocenters. The number of phenolic OH excluding ortho intramolecular Hbond substituents is 1. The molecule has 2 aromatic heterocycles. The Bertz CT molecular complexity index is 1130. The highest BCUT2D eigenvalue weighted by Crippen LogP contribution is 2.45. The van der Waals surface area contributed by atoms with E-state index in [-0.39, 0.29) is 24.5 Å². The summed E-state index contributed by atoms with van der Waals surface area (Å²) in [6, 6.07) is 7.41. The van der Waals surface area contributed by atoms with Crippen LogP contribution < -0.4 is 5.32 Å². The van der Waals surface area contributed by atoms with Crippen LogP contribution in [0.3, 0.4) is 0 Å². The number of hydrogen-bond donors (Lipinski definition) is 2. The lowest BCUT2D eigenvalue weighted by atomic mass is 9.82. The molecular formula is C23H23F2N5O2. The Morgan fingerprint density at radius 1 is 1.28 bits per heavy atom. The zero-order chi connectivity index (χ0) is 22.5. The van der Waals surface area contributed by atoms with E-state index in [1.54, 1.807) is 47.6 Å². The second kappa shape index (κ2) is 7.75. The number of rotatable bonds is 5. The number of methoxy groups -OCH3 is 1. The van der Waals surface area contributed by atoms with Crippen molar-refractivity contribution >= 4 is 5.57 Å². The lowest BCUT2D eigenvalue weighted by molar-refractivity contribution is -0.0153. The fraction of sp³-hybridized carbons (Fsp3) is 0.348. The molecule has 0 spiro atoms. The maximum Gasteiger partial charge on any atom is 0.264 e. The Hall–Kier alpha value is -3.17. The van der Waals surface area contributed by atoms with Crippen molar-refractivity contribution in [2.45, 2.75) is 37.0 Å². The number of aromatic hydroxyl groups is 1. The number of alkyl halides is 2. The van der Waals surface area contributed by atoms with Gasteiger partial charge >= 0.3 is 0 Å². The molecule has 4 heterocycles. The van der Waals surface area contributed by atoms with Gasteiger partial charge < -0.3 is 19.7 Å². The summed E-state index contributed by atoms with van der Waals surface area (Å²) in [4.78, 5) is 4.00. The second-order valence-electron chi connectivity index (χ2n) is 8.33. The minimum atomic E-state index is -2.76. The molecule has 0 aliphatic carbocycles. The number of ether oxygens (including phenoxy) is 1. The summed E-state index contributed by atoms with van der Waals surface area (Å²) < 4.78 is 35.8. The average molecular weight is 439 g/mol. The van der Waals surface area contributed by atoms with Crippen molar-refractivity contribution in [2.75, 3.05) is 7.11 Å². The first kappa shape index (κ1) is 20.7. The molecule has 7 nitrogen and oxygen atoms in total. The van der Waals surface area contributed by atoms with E-state index in [0.717, 1.165) is 5.69 Å². The smallest absolute Gasteiger partial charge is 0.264 e. The summed E-state index contributed by atoms with van der Waals surface area (Å²) in [5, 5.41) is 22.0. The highest BCUT2D eigenvalue weighted by Gasteiger charge is 2.57. The van der Waals surface area contributed by atoms with Crippen molar-refractivity contribution in [2.24, 2.45) is 5.92 Å². The molecule has 9 heteroatoms. The Kier molecular flexibility index (Phi) is 5.02. The third-order valence-corrected chi connectivity index (χ3v) is 6.47. The Morgan fingerprint density at radius 2 is 2.12 bits per heavy atom. The summed E-state index contributed by atoms with van der Waals surface area (Å²) in [5.41, 5.74) is 2.96. The van der Waals surface area contributed by atoms with Crippen LogP contribution in [0.5, 0.6) is 5.75 Å². The maximum atomic E-state index is 14.2. The van der Waals surface area contributed by atoms with Crippen LogP contribution in [0.25, 0.3) is 22.5 Å². The molecule has 2 saturated heterocycles. The monoisotopic (exact) mass is 439 g/mol. The first-order valence-electron chi connectivity index (χ1n) is 10.4. The van der Waals surface area contributed by atoms with E-state index in [4.69, 9.17) is 4.74 Å². The third kappa shape index (κ3) is 3.47. The molecule has 2 N–H and O–H groups in total. The van der Waals surface area contributed by atoms with Gasteiger partial charge in [-0.05, 0) is 36.3 Å². The zero-order valence-electron chi connectivity index (χ0n) is 17.4. The van der Waals surface area contributed by atoms with Gasteiger partial charge in [0.1, 0.15) is 5.75 Å². The maximum absolute atomic E-state index is 14.2. The van der Waals surface area contributed by atoms with Gasteiger partial charge in [0.25, 0.3) is 5.92 Å². The molecule has 0 amide bonds. The van der Waals surface area contributed by atoms with E-state index in [2.05, 4.69) is 27.1 Å². The molecule has 32 heavy (non-hydrogen) atoms. The van der Waals surface area contributed by atoms with Gasteiger partial charge in [0.05, 0.1) is 35.5 Å². The van der Waals surface area contributed by atoms with Crippen molar-refractivity contribution in [3.63, 3.8) is 0 Å². The van der Waals surface area contributed by atoms with Gasteiger partial charge in [0.15, 0.2) is 0 Å². The lowest BCUT2D eigenvalue weighted by Gasteiger charge is -2.37. The lowest BCUT2D eigenvalue weighted by Crippen LogP contribution is -2.51. The number of imidazole rings is 1. The molecule has 0 saturated carbocycles. The summed E-state index contributed by atoms with van der Waals surface area (Å²) in [6.45, 7) is 4.14. The molecule has 2 aliphatic rings. The van der Waals surface area contributed by atoms with Crippen LogP contribution in [0.15, 0.2) is 55.6 Å². The molecule has 5 rings (SSSR count). The molecule has 1 aromatic carbocycles. The standard InChI is InChI=1S/C23H23F2N5O2/c1-13(16-10-21-23(24,25)11-19(27-21)22(16)32-2)17-5-6-18(29-28-17)15-4-3-14(9-20(15)31)30-8-7-26-12-30/h3-9,12,16,19,21-22,27,31H,1,10-11H2,2H3/t16-,19?,21?,22-/m1/s1. The van der Waals surface area contributed by atoms with Crippen LogP contribution in [0, 0.1) is 5.92 Å². The molecule has 2 bridgehead atoms. The minimum absolute atomic E-state index is 0.0636. The quantitative estimate of drug-likeness (QED) is 0.634. The molecule has 2 aliphatic heterocycles. The van der Waals surface area contributed by atoms with Gasteiger partial charge in [-0.2, -0.15) is 5.10 Å². The molecular weight excluding hydrogens is 416 g/mol. The van der Waals surface area contributed by atoms with Crippen LogP contribution in [0.2, 0.25) is 0 Å². The number of benzene rings is 1. The predicted molar refractivity (Wildman–Crippen MR) is 114 cm³/mol. The Balaban J connectivity index is 1.37. The number of nitrogens with zero attached hydrogens (tertiary/aromatic N) is 4. The predicted octanol–water partition coefficient (Wildman–Crippen LogP) is 3.45. The molecule has 2 fully saturated rings. The van der Waals surface area contributed by atoms with Crippen molar-refractivity contribution < 1.29 is 18.6 Å². The van der Waals surface area contributed by atoms with Crippen molar-refractivity contribution in [1.82, 2.24) is 25.1 Å². The van der Waals surface area contributed by atoms with Gasteiger partial charge in [-0.3, -0.25) is 0 Å². The molecule has 3 aromatic rings. The number of halogens is 2. The summed E-state index contributed by atoms with van der Waals surface area (Å²) in [6.07, 6.45) is 4.66. The highest BCUT2D eigenvalue weighted by atomic mass is 19.3. The van der Waals surface area contributed by atoms with E-state index in [0.29, 0.717) is 22.5 Å². The number of aromatic nitrogens is 4. The largest absolute Gasteiger partial charge is 0.507 e. The summed E-state index contributed by atoms with van der Waals surface area (Å²) in [5.74, 6) is -2.98. The van der Waals surface area contributed by atoms with E-state index < -0.39 is 24.1 Å². The van der Waals surface area contributed by atoms with Gasteiger partial charge in [-0.1, -0.05) is 6.58 Å². The van der Waals surface area contributed by atoms with Crippen LogP contribution >= 0.6 is 0 Å². The van der Waals surface area contributed by atoms with Crippen molar-refractivity contribution in [1.29, 1.82) is 0 Å². The number of piperidine rings is 1. The third-order valence-electron chi connectivity index (χ3n) is 6.47. The van der Waals surface area contributed by atoms with E-state index in [1.807, 2.05) is 6.07 Å². The molecule has 166 valence electrons. The first-order valence-corrected chi connectivity index (χ1v) is 10.4. The normalized spacial score (nSPS) is 26.2. The summed E-state index contributed by atoms with van der Waals surface area (Å²) in [7, 11) is 1.54. The van der Waals surface area contributed by atoms with Gasteiger partial charge in [0, 0.05) is 49.5 Å². The van der Waals surface area contributed by atoms with Crippen LogP contribution in [-0.2, 0) is 4.74 Å². The van der Waals surface area contributed by atoms with Gasteiger partial charge in [-0.25, -0.2) is 13.8 Å². The second-order valence-corrected chi connectivity index (χ2v) is 8.33. The number of phenols is 1. The highest BCUT2D eigenvalue weighted by molar-refractivity contribution is 5.70. The van der Waals surface area contributed by atoms with Crippen molar-refractivity contribution in [3.8, 4) is 22.7 Å². The van der Waals surface area contributed by atoms with Gasteiger partial charge in [0.2, 0.25) is 0 Å². The first-order chi connectivity index (χ1) is 15.4. The SMILES string of the molecule is C=C(c1ccc(-c2ccc(-n3ccnc3)cc2O)nn1)[C@H]1CC2NC(CC2(F)F)[C@@H]1OC. The number of hydrogen-bond acceptors (Lipinski definition) is 6. The van der Waals surface area contributed by atoms with E-state index in [1.165, 1.54) is 7.11 Å². The zero-order valence-corrected chi connectivity index (χ0v) is 17.4. The van der Waals surface area contributed by atoms with Gasteiger partial charge in [-0.15, -0.1) is 5.10 Å². The Morgan fingerprint density at radius 3 is 2.78 bits per heavy atom. The van der Waals surface area contributed by atoms with Crippen LogP contribution in [0.1, 0.15) is 18.5 Å². The summed E-state index contributed by atoms with van der Waals surface area (Å²) >= 11 is 0. The average Bonchev–Trinajstić information content (AvgIpc) is 3.40. The number of nitrogens with one attached hydrogen (secondary N) is 1. The van der Waals surface area contributed by atoms with Crippen LogP contribution in [-0.4, -0.2) is 56.1 Å².